The SMILES string of the molecule is CC(C)(C)C1CCN(Cc2cccc([N+](=O)[O-])c2F)C1. The van der Waals surface area contributed by atoms with Gasteiger partial charge in [-0.1, -0.05) is 32.9 Å². The number of hydrogen-bond acceptors (Lipinski definition) is 3. The molecule has 1 saturated heterocycles. The minimum atomic E-state index is -0.697. The summed E-state index contributed by atoms with van der Waals surface area (Å²) in [5, 5.41) is 10.7. The Morgan fingerprint density at radius 2 is 2.15 bits per heavy atom. The molecule has 0 saturated carbocycles. The Labute approximate surface area is 118 Å². The van der Waals surface area contributed by atoms with Crippen LogP contribution in [0.4, 0.5) is 10.1 Å². The molecule has 4 nitrogen and oxygen atoms in total. The summed E-state index contributed by atoms with van der Waals surface area (Å²) in [5.74, 6) is -0.110. The van der Waals surface area contributed by atoms with E-state index in [1.807, 2.05) is 0 Å². The van der Waals surface area contributed by atoms with Crippen LogP contribution in [0.5, 0.6) is 0 Å². The molecule has 0 spiro atoms. The first-order valence-electron chi connectivity index (χ1n) is 6.93. The van der Waals surface area contributed by atoms with Gasteiger partial charge >= 0.3 is 5.69 Å². The summed E-state index contributed by atoms with van der Waals surface area (Å²) >= 11 is 0. The van der Waals surface area contributed by atoms with Gasteiger partial charge in [0.1, 0.15) is 0 Å². The van der Waals surface area contributed by atoms with Crippen molar-refractivity contribution in [1.82, 2.24) is 4.90 Å². The van der Waals surface area contributed by atoms with E-state index in [2.05, 4.69) is 25.7 Å². The van der Waals surface area contributed by atoms with Crippen LogP contribution in [-0.4, -0.2) is 22.9 Å². The fourth-order valence-electron chi connectivity index (χ4n) is 2.75. The lowest BCUT2D eigenvalue weighted by molar-refractivity contribution is -0.387. The number of benzene rings is 1. The Morgan fingerprint density at radius 1 is 1.45 bits per heavy atom. The van der Waals surface area contributed by atoms with E-state index in [0.29, 0.717) is 18.0 Å². The molecule has 0 N–H and O–H groups in total. The van der Waals surface area contributed by atoms with Gasteiger partial charge in [-0.3, -0.25) is 15.0 Å². The molecule has 1 heterocycles. The Kier molecular flexibility index (Phi) is 4.09. The zero-order chi connectivity index (χ0) is 14.9. The van der Waals surface area contributed by atoms with Gasteiger partial charge < -0.3 is 0 Å². The van der Waals surface area contributed by atoms with Gasteiger partial charge in [0.05, 0.1) is 4.92 Å². The van der Waals surface area contributed by atoms with Crippen LogP contribution in [0.3, 0.4) is 0 Å². The van der Waals surface area contributed by atoms with E-state index in [-0.39, 0.29) is 5.41 Å². The Hall–Kier alpha value is -1.49. The molecule has 1 fully saturated rings. The average molecular weight is 280 g/mol. The molecule has 5 heteroatoms. The highest BCUT2D eigenvalue weighted by Gasteiger charge is 2.32. The summed E-state index contributed by atoms with van der Waals surface area (Å²) in [6.07, 6.45) is 1.10. The van der Waals surface area contributed by atoms with Crippen molar-refractivity contribution in [3.63, 3.8) is 0 Å². The zero-order valence-corrected chi connectivity index (χ0v) is 12.2. The predicted molar refractivity (Wildman–Crippen MR) is 75.9 cm³/mol. The third-order valence-corrected chi connectivity index (χ3v) is 4.15. The predicted octanol–water partition coefficient (Wildman–Crippen LogP) is 3.60. The van der Waals surface area contributed by atoms with Crippen LogP contribution in [0.2, 0.25) is 0 Å². The number of nitro groups is 1. The summed E-state index contributed by atoms with van der Waals surface area (Å²) in [6.45, 7) is 8.94. The van der Waals surface area contributed by atoms with Gasteiger partial charge in [-0.2, -0.15) is 4.39 Å². The minimum absolute atomic E-state index is 0.246. The maximum absolute atomic E-state index is 14.0. The van der Waals surface area contributed by atoms with Gasteiger partial charge in [-0.05, 0) is 24.3 Å². The van der Waals surface area contributed by atoms with Crippen LogP contribution in [0.15, 0.2) is 18.2 Å². The van der Waals surface area contributed by atoms with Gasteiger partial charge in [0.15, 0.2) is 0 Å². The topological polar surface area (TPSA) is 46.4 Å². The molecule has 1 unspecified atom stereocenters. The molecule has 0 bridgehead atoms. The lowest BCUT2D eigenvalue weighted by Crippen LogP contribution is -2.26. The first-order chi connectivity index (χ1) is 9.29. The summed E-state index contributed by atoms with van der Waals surface area (Å²) in [5.41, 5.74) is 0.221. The number of hydrogen-bond donors (Lipinski definition) is 0. The van der Waals surface area contributed by atoms with Gasteiger partial charge in [0, 0.05) is 24.7 Å². The summed E-state index contributed by atoms with van der Waals surface area (Å²) in [6, 6.07) is 4.39. The Balaban J connectivity index is 2.09. The van der Waals surface area contributed by atoms with Crippen LogP contribution in [0.1, 0.15) is 32.8 Å². The number of halogens is 1. The molecule has 0 aliphatic carbocycles. The van der Waals surface area contributed by atoms with Gasteiger partial charge in [0.25, 0.3) is 0 Å². The van der Waals surface area contributed by atoms with Crippen molar-refractivity contribution in [1.29, 1.82) is 0 Å². The second-order valence-corrected chi connectivity index (χ2v) is 6.59. The molecule has 1 aliphatic rings. The van der Waals surface area contributed by atoms with Crippen molar-refractivity contribution < 1.29 is 9.31 Å². The van der Waals surface area contributed by atoms with E-state index in [1.165, 1.54) is 6.07 Å². The maximum Gasteiger partial charge on any atom is 0.305 e. The highest BCUT2D eigenvalue weighted by molar-refractivity contribution is 5.36. The third-order valence-electron chi connectivity index (χ3n) is 4.15. The van der Waals surface area contributed by atoms with E-state index < -0.39 is 16.4 Å². The fourth-order valence-corrected chi connectivity index (χ4v) is 2.75. The first kappa shape index (κ1) is 14.9. The second-order valence-electron chi connectivity index (χ2n) is 6.59. The molecule has 110 valence electrons. The van der Waals surface area contributed by atoms with E-state index in [4.69, 9.17) is 0 Å². The molecule has 1 atom stereocenters. The van der Waals surface area contributed by atoms with Crippen molar-refractivity contribution >= 4 is 5.69 Å². The van der Waals surface area contributed by atoms with Crippen LogP contribution >= 0.6 is 0 Å². The summed E-state index contributed by atoms with van der Waals surface area (Å²) in [4.78, 5) is 12.3. The van der Waals surface area contributed by atoms with Crippen molar-refractivity contribution in [2.75, 3.05) is 13.1 Å². The Bertz CT molecular complexity index is 511. The maximum atomic E-state index is 14.0. The molecule has 1 aromatic carbocycles. The number of nitrogens with zero attached hydrogens (tertiary/aromatic N) is 2. The highest BCUT2D eigenvalue weighted by atomic mass is 19.1. The molecule has 1 aromatic rings. The monoisotopic (exact) mass is 280 g/mol. The van der Waals surface area contributed by atoms with E-state index in [1.54, 1.807) is 12.1 Å². The van der Waals surface area contributed by atoms with Crippen LogP contribution in [0.25, 0.3) is 0 Å². The third kappa shape index (κ3) is 3.15. The van der Waals surface area contributed by atoms with Crippen LogP contribution in [0, 0.1) is 27.3 Å². The van der Waals surface area contributed by atoms with Gasteiger partial charge in [-0.15, -0.1) is 0 Å². The van der Waals surface area contributed by atoms with Gasteiger partial charge in [-0.25, -0.2) is 0 Å². The second kappa shape index (κ2) is 5.48. The first-order valence-corrected chi connectivity index (χ1v) is 6.93. The lowest BCUT2D eigenvalue weighted by Gasteiger charge is -2.27. The minimum Gasteiger partial charge on any atom is -0.299 e. The van der Waals surface area contributed by atoms with E-state index in [0.717, 1.165) is 19.5 Å². The smallest absolute Gasteiger partial charge is 0.299 e. The average Bonchev–Trinajstić information content (AvgIpc) is 2.80. The van der Waals surface area contributed by atoms with Crippen molar-refractivity contribution in [2.45, 2.75) is 33.7 Å². The summed E-state index contributed by atoms with van der Waals surface area (Å²) < 4.78 is 14.0. The number of nitro benzene ring substituents is 1. The lowest BCUT2D eigenvalue weighted by atomic mass is 9.80. The van der Waals surface area contributed by atoms with Crippen molar-refractivity contribution in [2.24, 2.45) is 11.3 Å². The van der Waals surface area contributed by atoms with Crippen LogP contribution in [-0.2, 0) is 6.54 Å². The van der Waals surface area contributed by atoms with Gasteiger partial charge in [0.2, 0.25) is 5.82 Å². The normalized spacial score (nSPS) is 20.3. The molecule has 0 aromatic heterocycles. The van der Waals surface area contributed by atoms with E-state index in [9.17, 15) is 14.5 Å². The standard InChI is InChI=1S/C15H21FN2O2/c1-15(2,3)12-7-8-17(10-12)9-11-5-4-6-13(14(11)16)18(19)20/h4-6,12H,7-10H2,1-3H3. The largest absolute Gasteiger partial charge is 0.305 e. The van der Waals surface area contributed by atoms with Crippen molar-refractivity contribution in [3.8, 4) is 0 Å². The van der Waals surface area contributed by atoms with Crippen LogP contribution < -0.4 is 0 Å². The highest BCUT2D eigenvalue weighted by Crippen LogP contribution is 2.34. The number of likely N-dealkylation sites (tertiary alicyclic amines) is 1. The molecule has 1 aliphatic heterocycles. The molecule has 0 radical (unpaired) electrons. The zero-order valence-electron chi connectivity index (χ0n) is 12.2. The van der Waals surface area contributed by atoms with E-state index >= 15 is 0 Å². The molecular formula is C15H21FN2O2. The van der Waals surface area contributed by atoms with Crippen molar-refractivity contribution in [3.05, 3.63) is 39.7 Å². The molecule has 2 rings (SSSR count). The fraction of sp³-hybridized carbons (Fsp3) is 0.600. The Morgan fingerprint density at radius 3 is 2.70 bits per heavy atom. The molecule has 20 heavy (non-hydrogen) atoms. The quantitative estimate of drug-likeness (QED) is 0.627. The number of rotatable bonds is 3. The molecular weight excluding hydrogens is 259 g/mol. The summed E-state index contributed by atoms with van der Waals surface area (Å²) in [7, 11) is 0. The molecule has 0 amide bonds.